The van der Waals surface area contributed by atoms with Gasteiger partial charge in [-0.25, -0.2) is 0 Å². The smallest absolute Gasteiger partial charge is 0.187 e. The molecule has 1 rings (SSSR count). The highest BCUT2D eigenvalue weighted by atomic mass is 28.4. The van der Waals surface area contributed by atoms with Crippen molar-refractivity contribution in [3.8, 4) is 0 Å². The second-order valence-electron chi connectivity index (χ2n) is 11.1. The Balaban J connectivity index is 3.10. The average molecular weight is 439 g/mol. The first kappa shape index (κ1) is 24.7. The van der Waals surface area contributed by atoms with E-state index in [4.69, 9.17) is 22.4 Å². The van der Waals surface area contributed by atoms with Crippen LogP contribution in [0.4, 0.5) is 0 Å². The zero-order valence-electron chi connectivity index (χ0n) is 19.1. The van der Waals surface area contributed by atoms with Gasteiger partial charge in [-0.1, -0.05) is 0 Å². The van der Waals surface area contributed by atoms with Crippen LogP contribution in [-0.2, 0) is 22.4 Å². The standard InChI is InChI=1S/C17H42O5Si4/c1-23(2,3)18-13-14-15(20-24(4,5)6)16(21-25(7,8)9)17(19-14)22-26(10,11)12/h14-17H,13H2,1-12H3. The van der Waals surface area contributed by atoms with Gasteiger partial charge in [0.15, 0.2) is 39.6 Å². The maximum absolute atomic E-state index is 6.56. The highest BCUT2D eigenvalue weighted by Crippen LogP contribution is 2.33. The van der Waals surface area contributed by atoms with Gasteiger partial charge in [-0.05, 0) is 78.6 Å². The maximum Gasteiger partial charge on any atom is 0.187 e. The molecule has 4 atom stereocenters. The molecule has 0 bridgehead atoms. The molecule has 0 N–H and O–H groups in total. The third-order valence-corrected chi connectivity index (χ3v) is 7.33. The minimum Gasteiger partial charge on any atom is -0.415 e. The molecule has 4 unspecified atom stereocenters. The Morgan fingerprint density at radius 1 is 0.577 bits per heavy atom. The quantitative estimate of drug-likeness (QED) is 0.481. The Kier molecular flexibility index (Phi) is 8.15. The van der Waals surface area contributed by atoms with E-state index in [2.05, 4.69) is 78.6 Å². The molecule has 0 spiro atoms. The zero-order valence-corrected chi connectivity index (χ0v) is 23.1. The summed E-state index contributed by atoms with van der Waals surface area (Å²) in [6.45, 7) is 26.9. The SMILES string of the molecule is C[Si](C)(C)OCC1OC(O[Si](C)(C)C)C(O[Si](C)(C)C)C1O[Si](C)(C)C. The summed E-state index contributed by atoms with van der Waals surface area (Å²) in [5.41, 5.74) is 0. The summed E-state index contributed by atoms with van der Waals surface area (Å²) < 4.78 is 32.0. The van der Waals surface area contributed by atoms with Gasteiger partial charge in [0.1, 0.15) is 18.3 Å². The van der Waals surface area contributed by atoms with Crippen molar-refractivity contribution in [3.05, 3.63) is 0 Å². The van der Waals surface area contributed by atoms with Crippen LogP contribution in [0.5, 0.6) is 0 Å². The minimum absolute atomic E-state index is 0.133. The van der Waals surface area contributed by atoms with Gasteiger partial charge in [-0.15, -0.1) is 0 Å². The maximum atomic E-state index is 6.56. The van der Waals surface area contributed by atoms with Gasteiger partial charge in [0.2, 0.25) is 0 Å². The van der Waals surface area contributed by atoms with E-state index >= 15 is 0 Å². The summed E-state index contributed by atoms with van der Waals surface area (Å²) in [6, 6.07) is 0. The van der Waals surface area contributed by atoms with E-state index in [1.54, 1.807) is 0 Å². The fraction of sp³-hybridized carbons (Fsp3) is 1.00. The van der Waals surface area contributed by atoms with E-state index in [0.29, 0.717) is 6.61 Å². The van der Waals surface area contributed by atoms with Crippen LogP contribution in [0, 0.1) is 0 Å². The van der Waals surface area contributed by atoms with Gasteiger partial charge < -0.3 is 22.4 Å². The monoisotopic (exact) mass is 438 g/mol. The molecule has 0 saturated carbocycles. The fourth-order valence-corrected chi connectivity index (χ4v) is 6.40. The Labute approximate surface area is 165 Å². The first-order valence-corrected chi connectivity index (χ1v) is 23.3. The molecule has 0 aromatic heterocycles. The van der Waals surface area contributed by atoms with Crippen LogP contribution in [0.3, 0.4) is 0 Å². The van der Waals surface area contributed by atoms with Gasteiger partial charge in [0.05, 0.1) is 6.61 Å². The van der Waals surface area contributed by atoms with E-state index in [0.717, 1.165) is 0 Å². The van der Waals surface area contributed by atoms with Crippen LogP contribution in [-0.4, -0.2) is 64.5 Å². The molecule has 0 radical (unpaired) electrons. The summed E-state index contributed by atoms with van der Waals surface area (Å²) >= 11 is 0. The summed E-state index contributed by atoms with van der Waals surface area (Å²) in [4.78, 5) is 0. The third kappa shape index (κ3) is 9.74. The van der Waals surface area contributed by atoms with E-state index in [9.17, 15) is 0 Å². The molecule has 0 aromatic carbocycles. The highest BCUT2D eigenvalue weighted by Gasteiger charge is 2.51. The van der Waals surface area contributed by atoms with Crippen LogP contribution in [0.2, 0.25) is 78.6 Å². The van der Waals surface area contributed by atoms with Crippen molar-refractivity contribution < 1.29 is 22.4 Å². The van der Waals surface area contributed by atoms with Crippen molar-refractivity contribution in [2.75, 3.05) is 6.61 Å². The van der Waals surface area contributed by atoms with Gasteiger partial charge >= 0.3 is 0 Å². The second-order valence-corrected chi connectivity index (χ2v) is 29.0. The molecule has 1 aliphatic heterocycles. The summed E-state index contributed by atoms with van der Waals surface area (Å²) in [5, 5.41) is 0. The Morgan fingerprint density at radius 2 is 1.00 bits per heavy atom. The van der Waals surface area contributed by atoms with Gasteiger partial charge in [-0.3, -0.25) is 0 Å². The average Bonchev–Trinajstić information content (AvgIpc) is 2.59. The lowest BCUT2D eigenvalue weighted by Crippen LogP contribution is -2.50. The van der Waals surface area contributed by atoms with Crippen LogP contribution in [0.15, 0.2) is 0 Å². The molecule has 26 heavy (non-hydrogen) atoms. The van der Waals surface area contributed by atoms with Crippen LogP contribution >= 0.6 is 0 Å². The number of hydrogen-bond acceptors (Lipinski definition) is 5. The fourth-order valence-electron chi connectivity index (χ4n) is 2.69. The third-order valence-electron chi connectivity index (χ3n) is 3.40. The van der Waals surface area contributed by atoms with Crippen molar-refractivity contribution >= 4 is 33.3 Å². The Bertz CT molecular complexity index is 448. The zero-order chi connectivity index (χ0) is 20.6. The lowest BCUT2D eigenvalue weighted by molar-refractivity contribution is -0.116. The molecule has 156 valence electrons. The minimum atomic E-state index is -1.79. The van der Waals surface area contributed by atoms with Crippen LogP contribution in [0.1, 0.15) is 0 Å². The lowest BCUT2D eigenvalue weighted by atomic mass is 10.1. The first-order chi connectivity index (χ1) is 11.4. The molecule has 0 aliphatic carbocycles. The topological polar surface area (TPSA) is 46.2 Å². The molecular formula is C17H42O5Si4. The Morgan fingerprint density at radius 3 is 1.38 bits per heavy atom. The first-order valence-electron chi connectivity index (χ1n) is 9.69. The second kappa shape index (κ2) is 8.58. The van der Waals surface area contributed by atoms with Crippen LogP contribution in [0.25, 0.3) is 0 Å². The number of hydrogen-bond donors (Lipinski definition) is 0. The molecule has 0 amide bonds. The van der Waals surface area contributed by atoms with E-state index in [1.807, 2.05) is 0 Å². The number of rotatable bonds is 9. The van der Waals surface area contributed by atoms with Gasteiger partial charge in [0, 0.05) is 0 Å². The lowest BCUT2D eigenvalue weighted by Gasteiger charge is -2.35. The van der Waals surface area contributed by atoms with Gasteiger partial charge in [0.25, 0.3) is 0 Å². The van der Waals surface area contributed by atoms with E-state index in [-0.39, 0.29) is 24.6 Å². The summed E-state index contributed by atoms with van der Waals surface area (Å²) in [5.74, 6) is 0. The molecule has 1 fully saturated rings. The molecule has 1 saturated heterocycles. The van der Waals surface area contributed by atoms with Crippen molar-refractivity contribution in [3.63, 3.8) is 0 Å². The molecule has 5 nitrogen and oxygen atoms in total. The van der Waals surface area contributed by atoms with Crippen molar-refractivity contribution in [2.45, 2.75) is 103 Å². The van der Waals surface area contributed by atoms with E-state index < -0.39 is 33.3 Å². The molecule has 1 heterocycles. The van der Waals surface area contributed by atoms with E-state index in [1.165, 1.54) is 0 Å². The predicted molar refractivity (Wildman–Crippen MR) is 119 cm³/mol. The largest absolute Gasteiger partial charge is 0.415 e. The van der Waals surface area contributed by atoms with Crippen LogP contribution < -0.4 is 0 Å². The highest BCUT2D eigenvalue weighted by molar-refractivity contribution is 6.71. The Hall–Kier alpha value is 0.668. The van der Waals surface area contributed by atoms with Gasteiger partial charge in [-0.2, -0.15) is 0 Å². The van der Waals surface area contributed by atoms with Crippen molar-refractivity contribution in [1.29, 1.82) is 0 Å². The molecule has 9 heteroatoms. The van der Waals surface area contributed by atoms with Crippen molar-refractivity contribution in [1.82, 2.24) is 0 Å². The molecule has 0 aromatic rings. The summed E-state index contributed by atoms with van der Waals surface area (Å²) in [7, 11) is -6.99. The normalized spacial score (nSPS) is 28.6. The number of ether oxygens (including phenoxy) is 1. The molecule has 1 aliphatic rings. The predicted octanol–water partition coefficient (Wildman–Crippen LogP) is 4.85. The molecular weight excluding hydrogens is 397 g/mol. The van der Waals surface area contributed by atoms with Crippen molar-refractivity contribution in [2.24, 2.45) is 0 Å². The summed E-state index contributed by atoms with van der Waals surface area (Å²) in [6.07, 6.45) is -0.831.